The quantitative estimate of drug-likeness (QED) is 0.331. The van der Waals surface area contributed by atoms with Gasteiger partial charge in [0.2, 0.25) is 11.7 Å². The van der Waals surface area contributed by atoms with E-state index < -0.39 is 24.5 Å². The van der Waals surface area contributed by atoms with Gasteiger partial charge < -0.3 is 30.5 Å². The number of aliphatic hydroxyl groups excluding tert-OH is 3. The fourth-order valence-corrected chi connectivity index (χ4v) is 3.58. The van der Waals surface area contributed by atoms with Crippen LogP contribution in [0.2, 0.25) is 0 Å². The van der Waals surface area contributed by atoms with Crippen LogP contribution in [0.5, 0.6) is 0 Å². The highest BCUT2D eigenvalue weighted by Gasteiger charge is 2.46. The molecule has 4 atom stereocenters. The van der Waals surface area contributed by atoms with Crippen molar-refractivity contribution in [3.8, 4) is 0 Å². The number of aliphatic hydroxyl groups is 3. The highest BCUT2D eigenvalue weighted by Crippen LogP contribution is 2.28. The summed E-state index contributed by atoms with van der Waals surface area (Å²) in [4.78, 5) is 11.7. The van der Waals surface area contributed by atoms with Crippen LogP contribution in [0, 0.1) is 0 Å². The smallest absolute Gasteiger partial charge is 0.309 e. The third kappa shape index (κ3) is 4.25. The van der Waals surface area contributed by atoms with E-state index in [-0.39, 0.29) is 12.4 Å². The van der Waals surface area contributed by atoms with Crippen LogP contribution >= 0.6 is 0 Å². The first-order chi connectivity index (χ1) is 13.4. The van der Waals surface area contributed by atoms with Gasteiger partial charge in [0.05, 0.1) is 6.61 Å². The molecule has 0 aromatic carbocycles. The van der Waals surface area contributed by atoms with Crippen molar-refractivity contribution in [3.63, 3.8) is 0 Å². The Morgan fingerprint density at radius 2 is 2.04 bits per heavy atom. The Morgan fingerprint density at radius 1 is 1.36 bits per heavy atom. The third-order valence-corrected chi connectivity index (χ3v) is 4.91. The van der Waals surface area contributed by atoms with Gasteiger partial charge in [0.1, 0.15) is 18.3 Å². The fraction of sp³-hybridized carbons (Fsp3) is 0.611. The van der Waals surface area contributed by atoms with Crippen LogP contribution in [0.4, 0.5) is 5.82 Å². The molecule has 4 unspecified atom stereocenters. The number of rotatable bonds is 4. The van der Waals surface area contributed by atoms with Crippen molar-refractivity contribution >= 4 is 17.0 Å². The zero-order valence-electron chi connectivity index (χ0n) is 15.8. The Kier molecular flexibility index (Phi) is 6.45. The molecule has 0 amide bonds. The molecule has 28 heavy (non-hydrogen) atoms. The van der Waals surface area contributed by atoms with Gasteiger partial charge in [0.15, 0.2) is 18.5 Å². The molecule has 2 aromatic rings. The van der Waals surface area contributed by atoms with Gasteiger partial charge in [-0.2, -0.15) is 4.98 Å². The molecule has 2 aliphatic rings. The molecule has 3 heterocycles. The number of nitrogens with zero attached hydrogens (tertiary/aromatic N) is 3. The predicted molar refractivity (Wildman–Crippen MR) is 97.8 cm³/mol. The molecule has 1 saturated carbocycles. The molecule has 5 N–H and O–H groups in total. The highest BCUT2D eigenvalue weighted by molar-refractivity contribution is 5.79. The van der Waals surface area contributed by atoms with Crippen LogP contribution < -0.4 is 15.0 Å². The maximum Gasteiger partial charge on any atom is 0.309 e. The SMILES string of the molecule is C=C(C)[O-].OCC1OC([n+]2c[nH]c3c(NC4CCCC4)ncnc32)C(O)C1O. The number of aromatic amines is 1. The van der Waals surface area contributed by atoms with Gasteiger partial charge in [-0.05, 0) is 12.8 Å². The second kappa shape index (κ2) is 8.82. The lowest BCUT2D eigenvalue weighted by Gasteiger charge is -2.13. The summed E-state index contributed by atoms with van der Waals surface area (Å²) in [6.07, 6.45) is 3.87. The summed E-state index contributed by atoms with van der Waals surface area (Å²) in [6, 6.07) is 0.411. The summed E-state index contributed by atoms with van der Waals surface area (Å²) in [5.74, 6) is 0.636. The minimum atomic E-state index is -1.15. The van der Waals surface area contributed by atoms with Crippen LogP contribution in [0.25, 0.3) is 11.2 Å². The second-order valence-electron chi connectivity index (χ2n) is 7.16. The molecule has 1 aliphatic heterocycles. The van der Waals surface area contributed by atoms with E-state index in [0.717, 1.165) is 24.2 Å². The number of imidazole rings is 1. The lowest BCUT2D eigenvalue weighted by molar-refractivity contribution is -0.745. The second-order valence-corrected chi connectivity index (χ2v) is 7.16. The fourth-order valence-electron chi connectivity index (χ4n) is 3.58. The van der Waals surface area contributed by atoms with Crippen molar-refractivity contribution in [1.82, 2.24) is 15.0 Å². The van der Waals surface area contributed by atoms with Gasteiger partial charge in [0, 0.05) is 6.04 Å². The van der Waals surface area contributed by atoms with E-state index in [4.69, 9.17) is 4.74 Å². The Bertz CT molecular complexity index is 803. The molecule has 10 heteroatoms. The first kappa shape index (κ1) is 20.5. The molecule has 2 aromatic heterocycles. The van der Waals surface area contributed by atoms with Crippen molar-refractivity contribution in [2.75, 3.05) is 11.9 Å². The molecule has 2 fully saturated rings. The number of anilines is 1. The van der Waals surface area contributed by atoms with E-state index in [0.29, 0.717) is 11.7 Å². The maximum atomic E-state index is 10.2. The first-order valence-electron chi connectivity index (χ1n) is 9.37. The number of H-pyrrole nitrogens is 1. The average Bonchev–Trinajstić information content (AvgIpc) is 3.36. The maximum absolute atomic E-state index is 10.2. The van der Waals surface area contributed by atoms with Gasteiger partial charge in [-0.3, -0.25) is 4.98 Å². The Labute approximate surface area is 162 Å². The van der Waals surface area contributed by atoms with E-state index >= 15 is 0 Å². The summed E-state index contributed by atoms with van der Waals surface area (Å²) in [5.41, 5.74) is 1.29. The number of ether oxygens (including phenoxy) is 1. The van der Waals surface area contributed by atoms with Crippen molar-refractivity contribution in [1.29, 1.82) is 0 Å². The molecule has 154 valence electrons. The summed E-state index contributed by atoms with van der Waals surface area (Å²) in [7, 11) is 0. The molecular formula is C18H27N5O5. The van der Waals surface area contributed by atoms with Crippen LogP contribution in [0.1, 0.15) is 38.8 Å². The van der Waals surface area contributed by atoms with Crippen molar-refractivity contribution in [3.05, 3.63) is 25.0 Å². The summed E-state index contributed by atoms with van der Waals surface area (Å²) < 4.78 is 7.20. The largest absolute Gasteiger partial charge is 0.876 e. The summed E-state index contributed by atoms with van der Waals surface area (Å²) in [5, 5.41) is 42.2. The number of nitrogens with one attached hydrogen (secondary N) is 2. The van der Waals surface area contributed by atoms with Crippen LogP contribution in [0.3, 0.4) is 0 Å². The van der Waals surface area contributed by atoms with Gasteiger partial charge in [-0.1, -0.05) is 24.7 Å². The topological polar surface area (TPSA) is 150 Å². The Morgan fingerprint density at radius 3 is 2.64 bits per heavy atom. The van der Waals surface area contributed by atoms with Gasteiger partial charge in [-0.15, -0.1) is 12.3 Å². The summed E-state index contributed by atoms with van der Waals surface area (Å²) in [6.45, 7) is 4.06. The van der Waals surface area contributed by atoms with Crippen molar-refractivity contribution in [2.45, 2.75) is 63.2 Å². The van der Waals surface area contributed by atoms with Crippen LogP contribution in [-0.4, -0.2) is 61.2 Å². The van der Waals surface area contributed by atoms with E-state index in [9.17, 15) is 20.4 Å². The third-order valence-electron chi connectivity index (χ3n) is 4.91. The van der Waals surface area contributed by atoms with E-state index in [2.05, 4.69) is 26.8 Å². The van der Waals surface area contributed by atoms with E-state index in [1.807, 2.05) is 0 Å². The zero-order chi connectivity index (χ0) is 20.3. The number of aromatic nitrogens is 4. The van der Waals surface area contributed by atoms with Gasteiger partial charge in [0.25, 0.3) is 0 Å². The molecule has 10 nitrogen and oxygen atoms in total. The Hall–Kier alpha value is -2.27. The Balaban J connectivity index is 0.000000516. The number of allylic oxidation sites excluding steroid dienone is 1. The molecule has 0 radical (unpaired) electrons. The number of fused-ring (bicyclic) bond motifs is 1. The predicted octanol–water partition coefficient (Wildman–Crippen LogP) is -0.908. The standard InChI is InChI=1S/C15H21N5O4.C3H6O/c21-5-9-11(22)12(23)15(24-9)20-7-18-10-13(16-6-17-14(10)20)19-8-3-1-2-4-8;1-3(2)4/h6-9,11-12,15,21-23H,1-5H2,(H,16,17,19);4H,1H2,2H3. The molecular weight excluding hydrogens is 366 g/mol. The summed E-state index contributed by atoms with van der Waals surface area (Å²) >= 11 is 0. The lowest BCUT2D eigenvalue weighted by Crippen LogP contribution is -2.45. The van der Waals surface area contributed by atoms with Crippen molar-refractivity contribution < 1.29 is 29.7 Å². The number of hydrogen-bond acceptors (Lipinski definition) is 8. The normalized spacial score (nSPS) is 27.6. The minimum absolute atomic E-state index is 0.0833. The van der Waals surface area contributed by atoms with E-state index in [1.165, 1.54) is 26.1 Å². The van der Waals surface area contributed by atoms with E-state index in [1.54, 1.807) is 10.9 Å². The minimum Gasteiger partial charge on any atom is -0.876 e. The zero-order valence-corrected chi connectivity index (χ0v) is 15.8. The first-order valence-corrected chi connectivity index (χ1v) is 9.37. The van der Waals surface area contributed by atoms with Crippen LogP contribution in [0.15, 0.2) is 25.0 Å². The molecule has 0 bridgehead atoms. The van der Waals surface area contributed by atoms with Crippen molar-refractivity contribution in [2.24, 2.45) is 0 Å². The lowest BCUT2D eigenvalue weighted by atomic mass is 10.1. The highest BCUT2D eigenvalue weighted by atomic mass is 16.6. The van der Waals surface area contributed by atoms with Gasteiger partial charge >= 0.3 is 5.65 Å². The molecule has 1 saturated heterocycles. The monoisotopic (exact) mass is 393 g/mol. The molecule has 1 aliphatic carbocycles. The number of hydrogen-bond donors (Lipinski definition) is 5. The van der Waals surface area contributed by atoms with Crippen LogP contribution in [-0.2, 0) is 4.74 Å². The molecule has 4 rings (SSSR count). The molecule has 0 spiro atoms. The van der Waals surface area contributed by atoms with Gasteiger partial charge in [-0.25, -0.2) is 4.57 Å². The average molecular weight is 393 g/mol.